The molecule has 0 aliphatic heterocycles. The average Bonchev–Trinajstić information content (AvgIpc) is 2.30. The smallest absolute Gasteiger partial charge is 0.193 e. The first-order chi connectivity index (χ1) is 8.47. The Morgan fingerprint density at radius 2 is 1.50 bits per heavy atom. The van der Waals surface area contributed by atoms with E-state index >= 15 is 0 Å². The van der Waals surface area contributed by atoms with E-state index in [9.17, 15) is 9.18 Å². The van der Waals surface area contributed by atoms with Crippen LogP contribution in [0.15, 0.2) is 36.4 Å². The van der Waals surface area contributed by atoms with Crippen molar-refractivity contribution in [3.8, 4) is 0 Å². The van der Waals surface area contributed by atoms with Crippen molar-refractivity contribution in [2.45, 2.75) is 0 Å². The highest BCUT2D eigenvalue weighted by molar-refractivity contribution is 6.35. The van der Waals surface area contributed by atoms with Gasteiger partial charge in [0.05, 0.1) is 5.02 Å². The van der Waals surface area contributed by atoms with Crippen LogP contribution in [0, 0.1) is 5.82 Å². The predicted octanol–water partition coefficient (Wildman–Crippen LogP) is 5.02. The number of hydrogen-bond acceptors (Lipinski definition) is 1. The summed E-state index contributed by atoms with van der Waals surface area (Å²) in [7, 11) is 0. The van der Waals surface area contributed by atoms with Crippen molar-refractivity contribution in [3.63, 3.8) is 0 Å². The summed E-state index contributed by atoms with van der Waals surface area (Å²) in [6.45, 7) is 0. The minimum atomic E-state index is -0.643. The van der Waals surface area contributed by atoms with E-state index in [1.54, 1.807) is 0 Å². The van der Waals surface area contributed by atoms with Gasteiger partial charge in [-0.15, -0.1) is 0 Å². The Morgan fingerprint density at radius 1 is 0.889 bits per heavy atom. The van der Waals surface area contributed by atoms with E-state index in [-0.39, 0.29) is 16.4 Å². The van der Waals surface area contributed by atoms with E-state index in [4.69, 9.17) is 34.8 Å². The molecule has 2 rings (SSSR count). The molecule has 0 spiro atoms. The molecular weight excluding hydrogens is 297 g/mol. The van der Waals surface area contributed by atoms with Crippen molar-refractivity contribution in [1.29, 1.82) is 0 Å². The van der Waals surface area contributed by atoms with Gasteiger partial charge in [-0.05, 0) is 36.4 Å². The van der Waals surface area contributed by atoms with Crippen molar-refractivity contribution >= 4 is 40.6 Å². The van der Waals surface area contributed by atoms with E-state index in [2.05, 4.69) is 0 Å². The van der Waals surface area contributed by atoms with Gasteiger partial charge in [-0.25, -0.2) is 4.39 Å². The summed E-state index contributed by atoms with van der Waals surface area (Å²) in [5.41, 5.74) is 0.490. The highest BCUT2D eigenvalue weighted by Crippen LogP contribution is 2.23. The maximum atomic E-state index is 13.3. The molecule has 0 fully saturated rings. The lowest BCUT2D eigenvalue weighted by atomic mass is 10.0. The lowest BCUT2D eigenvalue weighted by molar-refractivity contribution is 0.103. The van der Waals surface area contributed by atoms with Crippen LogP contribution < -0.4 is 0 Å². The number of rotatable bonds is 2. The molecule has 0 aliphatic rings. The van der Waals surface area contributed by atoms with Gasteiger partial charge < -0.3 is 0 Å². The summed E-state index contributed by atoms with van der Waals surface area (Å²) >= 11 is 17.2. The first kappa shape index (κ1) is 13.3. The van der Waals surface area contributed by atoms with Gasteiger partial charge in [-0.1, -0.05) is 34.8 Å². The van der Waals surface area contributed by atoms with Crippen molar-refractivity contribution in [2.75, 3.05) is 0 Å². The number of ketones is 1. The van der Waals surface area contributed by atoms with Crippen LogP contribution >= 0.6 is 34.8 Å². The number of carbonyl (C=O) groups excluding carboxylic acids is 1. The highest BCUT2D eigenvalue weighted by atomic mass is 35.5. The molecule has 1 nitrogen and oxygen atoms in total. The molecule has 0 atom stereocenters. The van der Waals surface area contributed by atoms with Gasteiger partial charge in [-0.3, -0.25) is 4.79 Å². The third-order valence-corrected chi connectivity index (χ3v) is 3.05. The molecule has 0 bridgehead atoms. The Morgan fingerprint density at radius 3 is 2.06 bits per heavy atom. The zero-order chi connectivity index (χ0) is 13.3. The molecular formula is C13H6Cl3FO. The van der Waals surface area contributed by atoms with E-state index in [0.29, 0.717) is 15.6 Å². The molecule has 18 heavy (non-hydrogen) atoms. The minimum Gasteiger partial charge on any atom is -0.289 e. The lowest BCUT2D eigenvalue weighted by Gasteiger charge is -2.04. The highest BCUT2D eigenvalue weighted by Gasteiger charge is 2.12. The molecule has 0 aromatic heterocycles. The van der Waals surface area contributed by atoms with E-state index in [0.717, 1.165) is 6.07 Å². The molecule has 0 amide bonds. The fourth-order valence-corrected chi connectivity index (χ4v) is 2.13. The predicted molar refractivity (Wildman–Crippen MR) is 71.3 cm³/mol. The minimum absolute atomic E-state index is 0.0318. The normalized spacial score (nSPS) is 10.4. The van der Waals surface area contributed by atoms with E-state index in [1.807, 2.05) is 0 Å². The Labute approximate surface area is 118 Å². The first-order valence-corrected chi connectivity index (χ1v) is 6.06. The lowest BCUT2D eigenvalue weighted by Crippen LogP contribution is -2.02. The quantitative estimate of drug-likeness (QED) is 0.712. The van der Waals surface area contributed by atoms with Gasteiger partial charge in [-0.2, -0.15) is 0 Å². The average molecular weight is 304 g/mol. The van der Waals surface area contributed by atoms with Gasteiger partial charge in [0.25, 0.3) is 0 Å². The Balaban J connectivity index is 2.44. The molecule has 0 heterocycles. The molecule has 0 N–H and O–H groups in total. The van der Waals surface area contributed by atoms with Crippen LogP contribution in [0.1, 0.15) is 15.9 Å². The van der Waals surface area contributed by atoms with Gasteiger partial charge in [0.2, 0.25) is 0 Å². The maximum Gasteiger partial charge on any atom is 0.193 e. The third-order valence-electron chi connectivity index (χ3n) is 2.31. The summed E-state index contributed by atoms with van der Waals surface area (Å²) in [6.07, 6.45) is 0. The van der Waals surface area contributed by atoms with Gasteiger partial charge in [0.15, 0.2) is 5.78 Å². The number of benzene rings is 2. The SMILES string of the molecule is O=C(c1cc(Cl)cc(Cl)c1)c1ccc(Cl)c(F)c1. The second kappa shape index (κ2) is 5.27. The zero-order valence-corrected chi connectivity index (χ0v) is 11.2. The van der Waals surface area contributed by atoms with Crippen LogP contribution in [0.2, 0.25) is 15.1 Å². The van der Waals surface area contributed by atoms with Gasteiger partial charge >= 0.3 is 0 Å². The van der Waals surface area contributed by atoms with Crippen LogP contribution in [0.5, 0.6) is 0 Å². The van der Waals surface area contributed by atoms with Crippen LogP contribution in [0.25, 0.3) is 0 Å². The van der Waals surface area contributed by atoms with Crippen LogP contribution in [0.4, 0.5) is 4.39 Å². The summed E-state index contributed by atoms with van der Waals surface area (Å²) in [5, 5.41) is 0.663. The standard InChI is InChI=1S/C13H6Cl3FO/c14-9-3-8(4-10(15)6-9)13(18)7-1-2-11(16)12(17)5-7/h1-6H. The molecule has 2 aromatic rings. The van der Waals surface area contributed by atoms with Crippen molar-refractivity contribution < 1.29 is 9.18 Å². The fourth-order valence-electron chi connectivity index (χ4n) is 1.49. The van der Waals surface area contributed by atoms with Crippen molar-refractivity contribution in [2.24, 2.45) is 0 Å². The largest absolute Gasteiger partial charge is 0.289 e. The summed E-state index contributed by atoms with van der Waals surface area (Å²) in [4.78, 5) is 12.1. The molecule has 5 heteroatoms. The monoisotopic (exact) mass is 302 g/mol. The van der Waals surface area contributed by atoms with Crippen molar-refractivity contribution in [1.82, 2.24) is 0 Å². The topological polar surface area (TPSA) is 17.1 Å². The molecule has 92 valence electrons. The molecule has 0 aliphatic carbocycles. The zero-order valence-electron chi connectivity index (χ0n) is 8.88. The maximum absolute atomic E-state index is 13.3. The molecule has 0 radical (unpaired) electrons. The van der Waals surface area contributed by atoms with Crippen LogP contribution in [-0.4, -0.2) is 5.78 Å². The van der Waals surface area contributed by atoms with Gasteiger partial charge in [0.1, 0.15) is 5.82 Å². The van der Waals surface area contributed by atoms with Crippen LogP contribution in [0.3, 0.4) is 0 Å². The number of halogens is 4. The van der Waals surface area contributed by atoms with Crippen molar-refractivity contribution in [3.05, 3.63) is 68.4 Å². The first-order valence-electron chi connectivity index (χ1n) is 4.93. The number of carbonyl (C=O) groups is 1. The molecule has 0 saturated carbocycles. The Hall–Kier alpha value is -1.09. The molecule has 2 aromatic carbocycles. The summed E-state index contributed by atoms with van der Waals surface area (Å²) < 4.78 is 13.3. The van der Waals surface area contributed by atoms with E-state index < -0.39 is 5.82 Å². The fraction of sp³-hybridized carbons (Fsp3) is 0. The van der Waals surface area contributed by atoms with Crippen LogP contribution in [-0.2, 0) is 0 Å². The second-order valence-corrected chi connectivity index (χ2v) is 4.90. The third kappa shape index (κ3) is 2.83. The molecule has 0 unspecified atom stereocenters. The molecule has 0 saturated heterocycles. The van der Waals surface area contributed by atoms with Gasteiger partial charge in [0, 0.05) is 21.2 Å². The number of hydrogen-bond donors (Lipinski definition) is 0. The Bertz CT molecular complexity index is 605. The van der Waals surface area contributed by atoms with E-state index in [1.165, 1.54) is 30.3 Å². The summed E-state index contributed by atoms with van der Waals surface area (Å²) in [6, 6.07) is 8.32. The second-order valence-electron chi connectivity index (χ2n) is 3.62. The Kier molecular flexibility index (Phi) is 3.91. The summed E-state index contributed by atoms with van der Waals surface area (Å²) in [5.74, 6) is -1.01.